The molecule has 0 aliphatic heterocycles. The van der Waals surface area contributed by atoms with Crippen LogP contribution in [0.3, 0.4) is 0 Å². The molecule has 1 aromatic carbocycles. The summed E-state index contributed by atoms with van der Waals surface area (Å²) in [4.78, 5) is 4.44. The molecule has 3 aromatic rings. The molecule has 0 fully saturated rings. The standard InChI is InChI=1S/C14H10ClFN2O/c15-12-2-1-3-13-17-14(11(8-19)18(12)13)9-4-6-10(16)7-5-9/h1-7,19H,8H2. The van der Waals surface area contributed by atoms with Gasteiger partial charge in [-0.1, -0.05) is 17.7 Å². The van der Waals surface area contributed by atoms with E-state index in [0.717, 1.165) is 5.56 Å². The molecular weight excluding hydrogens is 267 g/mol. The highest BCUT2D eigenvalue weighted by Crippen LogP contribution is 2.27. The fourth-order valence-electron chi connectivity index (χ4n) is 2.10. The monoisotopic (exact) mass is 276 g/mol. The van der Waals surface area contributed by atoms with E-state index in [0.29, 0.717) is 22.2 Å². The van der Waals surface area contributed by atoms with Gasteiger partial charge in [0.2, 0.25) is 0 Å². The van der Waals surface area contributed by atoms with Gasteiger partial charge < -0.3 is 5.11 Å². The Morgan fingerprint density at radius 1 is 1.16 bits per heavy atom. The summed E-state index contributed by atoms with van der Waals surface area (Å²) in [5, 5.41) is 10.0. The highest BCUT2D eigenvalue weighted by molar-refractivity contribution is 6.29. The predicted octanol–water partition coefficient (Wildman–Crippen LogP) is 3.29. The molecule has 0 spiro atoms. The molecule has 0 aliphatic carbocycles. The zero-order valence-corrected chi connectivity index (χ0v) is 10.6. The number of halogens is 2. The van der Waals surface area contributed by atoms with Gasteiger partial charge in [0.25, 0.3) is 0 Å². The van der Waals surface area contributed by atoms with Gasteiger partial charge in [-0.25, -0.2) is 9.37 Å². The number of benzene rings is 1. The Labute approximate surface area is 113 Å². The van der Waals surface area contributed by atoms with E-state index < -0.39 is 0 Å². The minimum absolute atomic E-state index is 0.197. The number of imidazole rings is 1. The molecule has 0 atom stereocenters. The Morgan fingerprint density at radius 2 is 1.89 bits per heavy atom. The van der Waals surface area contributed by atoms with Gasteiger partial charge in [-0.2, -0.15) is 0 Å². The molecule has 3 rings (SSSR count). The Hall–Kier alpha value is -1.91. The summed E-state index contributed by atoms with van der Waals surface area (Å²) in [6.45, 7) is -0.197. The summed E-state index contributed by atoms with van der Waals surface area (Å²) in [5.41, 5.74) is 2.59. The third-order valence-corrected chi connectivity index (χ3v) is 3.25. The van der Waals surface area contributed by atoms with Crippen LogP contribution in [-0.4, -0.2) is 14.5 Å². The number of pyridine rings is 1. The first-order chi connectivity index (χ1) is 9.20. The molecule has 0 radical (unpaired) electrons. The molecule has 0 saturated carbocycles. The van der Waals surface area contributed by atoms with E-state index in [2.05, 4.69) is 4.98 Å². The van der Waals surface area contributed by atoms with Gasteiger partial charge in [-0.05, 0) is 36.4 Å². The predicted molar refractivity (Wildman–Crippen MR) is 71.5 cm³/mol. The number of hydrogen-bond acceptors (Lipinski definition) is 2. The normalized spacial score (nSPS) is 11.1. The van der Waals surface area contributed by atoms with Gasteiger partial charge in [0.1, 0.15) is 16.6 Å². The van der Waals surface area contributed by atoms with Crippen molar-refractivity contribution in [1.29, 1.82) is 0 Å². The lowest BCUT2D eigenvalue weighted by Gasteiger charge is -2.03. The smallest absolute Gasteiger partial charge is 0.138 e. The first-order valence-corrected chi connectivity index (χ1v) is 6.11. The van der Waals surface area contributed by atoms with Gasteiger partial charge in [-0.15, -0.1) is 0 Å². The molecule has 0 aliphatic rings. The first-order valence-electron chi connectivity index (χ1n) is 5.73. The summed E-state index contributed by atoms with van der Waals surface area (Å²) in [7, 11) is 0. The molecular formula is C14H10ClFN2O. The number of aliphatic hydroxyl groups excluding tert-OH is 1. The molecule has 0 saturated heterocycles. The fraction of sp³-hybridized carbons (Fsp3) is 0.0714. The second kappa shape index (κ2) is 4.64. The number of aromatic nitrogens is 2. The van der Waals surface area contributed by atoms with E-state index in [9.17, 15) is 9.50 Å². The number of rotatable bonds is 2. The lowest BCUT2D eigenvalue weighted by Crippen LogP contribution is -1.95. The van der Waals surface area contributed by atoms with Crippen molar-refractivity contribution < 1.29 is 9.50 Å². The van der Waals surface area contributed by atoms with Crippen molar-refractivity contribution in [2.75, 3.05) is 0 Å². The summed E-state index contributed by atoms with van der Waals surface area (Å²) >= 11 is 6.12. The SMILES string of the molecule is OCc1c(-c2ccc(F)cc2)nc2cccc(Cl)n12. The second-order valence-corrected chi connectivity index (χ2v) is 4.50. The average Bonchev–Trinajstić information content (AvgIpc) is 2.79. The van der Waals surface area contributed by atoms with E-state index in [1.165, 1.54) is 12.1 Å². The quantitative estimate of drug-likeness (QED) is 0.729. The van der Waals surface area contributed by atoms with Crippen LogP contribution in [0.5, 0.6) is 0 Å². The Balaban J connectivity index is 2.29. The second-order valence-electron chi connectivity index (χ2n) is 4.11. The van der Waals surface area contributed by atoms with E-state index in [-0.39, 0.29) is 12.4 Å². The fourth-order valence-corrected chi connectivity index (χ4v) is 2.36. The highest BCUT2D eigenvalue weighted by atomic mass is 35.5. The number of fused-ring (bicyclic) bond motifs is 1. The summed E-state index contributed by atoms with van der Waals surface area (Å²) in [6, 6.07) is 11.3. The van der Waals surface area contributed by atoms with Crippen LogP contribution < -0.4 is 0 Å². The van der Waals surface area contributed by atoms with Crippen LogP contribution in [0, 0.1) is 5.82 Å². The first kappa shape index (κ1) is 12.1. The third-order valence-electron chi connectivity index (χ3n) is 2.96. The molecule has 96 valence electrons. The van der Waals surface area contributed by atoms with Gasteiger partial charge in [-0.3, -0.25) is 4.40 Å². The van der Waals surface area contributed by atoms with Crippen LogP contribution in [0.15, 0.2) is 42.5 Å². The van der Waals surface area contributed by atoms with Crippen molar-refractivity contribution >= 4 is 17.2 Å². The Bertz CT molecular complexity index is 737. The molecule has 0 bridgehead atoms. The van der Waals surface area contributed by atoms with Crippen molar-refractivity contribution in [2.24, 2.45) is 0 Å². The number of hydrogen-bond donors (Lipinski definition) is 1. The van der Waals surface area contributed by atoms with Crippen molar-refractivity contribution in [1.82, 2.24) is 9.38 Å². The lowest BCUT2D eigenvalue weighted by molar-refractivity contribution is 0.276. The zero-order valence-electron chi connectivity index (χ0n) is 9.85. The molecule has 2 heterocycles. The van der Waals surface area contributed by atoms with E-state index in [4.69, 9.17) is 11.6 Å². The van der Waals surface area contributed by atoms with Gasteiger partial charge in [0, 0.05) is 5.56 Å². The van der Waals surface area contributed by atoms with Crippen LogP contribution in [0.1, 0.15) is 5.69 Å². The maximum Gasteiger partial charge on any atom is 0.138 e. The molecule has 1 N–H and O–H groups in total. The average molecular weight is 277 g/mol. The molecule has 3 nitrogen and oxygen atoms in total. The largest absolute Gasteiger partial charge is 0.390 e. The number of aliphatic hydroxyl groups is 1. The number of nitrogens with zero attached hydrogens (tertiary/aromatic N) is 2. The van der Waals surface area contributed by atoms with E-state index >= 15 is 0 Å². The maximum absolute atomic E-state index is 13.0. The van der Waals surface area contributed by atoms with Crippen LogP contribution in [0.25, 0.3) is 16.9 Å². The maximum atomic E-state index is 13.0. The van der Waals surface area contributed by atoms with Crippen molar-refractivity contribution in [3.63, 3.8) is 0 Å². The van der Waals surface area contributed by atoms with Crippen LogP contribution in [0.4, 0.5) is 4.39 Å². The Kier molecular flexibility index (Phi) is 2.97. The Morgan fingerprint density at radius 3 is 2.58 bits per heavy atom. The third kappa shape index (κ3) is 1.99. The van der Waals surface area contributed by atoms with Gasteiger partial charge in [0.15, 0.2) is 0 Å². The minimum atomic E-state index is -0.309. The molecule has 0 unspecified atom stereocenters. The van der Waals surface area contributed by atoms with Crippen molar-refractivity contribution in [2.45, 2.75) is 6.61 Å². The molecule has 19 heavy (non-hydrogen) atoms. The zero-order chi connectivity index (χ0) is 13.4. The molecule has 0 amide bonds. The van der Waals surface area contributed by atoms with Crippen LogP contribution in [0.2, 0.25) is 5.15 Å². The van der Waals surface area contributed by atoms with Crippen molar-refractivity contribution in [3.05, 3.63) is 59.1 Å². The lowest BCUT2D eigenvalue weighted by atomic mass is 10.1. The topological polar surface area (TPSA) is 37.5 Å². The van der Waals surface area contributed by atoms with E-state index in [1.54, 1.807) is 34.7 Å². The summed E-state index contributed by atoms with van der Waals surface area (Å²) in [6.07, 6.45) is 0. The van der Waals surface area contributed by atoms with Crippen LogP contribution >= 0.6 is 11.6 Å². The minimum Gasteiger partial charge on any atom is -0.390 e. The molecule has 5 heteroatoms. The van der Waals surface area contributed by atoms with Gasteiger partial charge >= 0.3 is 0 Å². The van der Waals surface area contributed by atoms with Crippen LogP contribution in [-0.2, 0) is 6.61 Å². The highest BCUT2D eigenvalue weighted by Gasteiger charge is 2.14. The van der Waals surface area contributed by atoms with Crippen molar-refractivity contribution in [3.8, 4) is 11.3 Å². The summed E-state index contributed by atoms with van der Waals surface area (Å²) < 4.78 is 14.6. The molecule has 2 aromatic heterocycles. The van der Waals surface area contributed by atoms with E-state index in [1.807, 2.05) is 0 Å². The van der Waals surface area contributed by atoms with Gasteiger partial charge in [0.05, 0.1) is 18.0 Å². The summed E-state index contributed by atoms with van der Waals surface area (Å²) in [5.74, 6) is -0.309.